The summed E-state index contributed by atoms with van der Waals surface area (Å²) in [6, 6.07) is 3.74. The fraction of sp³-hybridized carbons (Fsp3) is 0.647. The molecule has 1 aromatic carbocycles. The third-order valence-corrected chi connectivity index (χ3v) is 5.77. The molecule has 0 aliphatic heterocycles. The number of unbranched alkanes of at least 4 members (excludes halogenated alkanes) is 1. The Kier molecular flexibility index (Phi) is 6.01. The van der Waals surface area contributed by atoms with E-state index < -0.39 is 0 Å². The Bertz CT molecular complexity index is 425. The molecule has 1 unspecified atom stereocenters. The summed E-state index contributed by atoms with van der Waals surface area (Å²) >= 11 is 3.60. The van der Waals surface area contributed by atoms with Gasteiger partial charge < -0.3 is 0 Å². The molecule has 0 amide bonds. The number of benzene rings is 1. The molecule has 1 atom stereocenters. The van der Waals surface area contributed by atoms with E-state index in [1.165, 1.54) is 50.3 Å². The van der Waals surface area contributed by atoms with Gasteiger partial charge in [-0.05, 0) is 42.9 Å². The molecule has 0 radical (unpaired) electrons. The molecule has 0 N–H and O–H groups in total. The fourth-order valence-electron chi connectivity index (χ4n) is 3.24. The first-order valence-electron chi connectivity index (χ1n) is 7.70. The first-order chi connectivity index (χ1) is 9.61. The normalized spacial score (nSPS) is 24.6. The van der Waals surface area contributed by atoms with E-state index in [0.717, 1.165) is 18.8 Å². The van der Waals surface area contributed by atoms with Gasteiger partial charge in [-0.1, -0.05) is 55.0 Å². The second-order valence-corrected chi connectivity index (χ2v) is 6.98. The van der Waals surface area contributed by atoms with Crippen molar-refractivity contribution < 1.29 is 8.78 Å². The Balaban J connectivity index is 1.94. The highest BCUT2D eigenvalue weighted by Gasteiger charge is 2.28. The molecule has 1 aliphatic rings. The van der Waals surface area contributed by atoms with Gasteiger partial charge in [-0.2, -0.15) is 0 Å². The lowest BCUT2D eigenvalue weighted by Crippen LogP contribution is -2.18. The van der Waals surface area contributed by atoms with Crippen LogP contribution in [0.15, 0.2) is 18.2 Å². The van der Waals surface area contributed by atoms with Crippen LogP contribution in [0.3, 0.4) is 0 Å². The van der Waals surface area contributed by atoms with Gasteiger partial charge in [0, 0.05) is 10.4 Å². The van der Waals surface area contributed by atoms with Crippen molar-refractivity contribution in [1.29, 1.82) is 0 Å². The second-order valence-electron chi connectivity index (χ2n) is 5.99. The van der Waals surface area contributed by atoms with Crippen LogP contribution in [-0.4, -0.2) is 0 Å². The number of rotatable bonds is 5. The van der Waals surface area contributed by atoms with E-state index in [9.17, 15) is 8.78 Å². The van der Waals surface area contributed by atoms with Crippen LogP contribution >= 0.6 is 15.9 Å². The molecule has 0 nitrogen and oxygen atoms in total. The molecule has 1 aromatic rings. The Morgan fingerprint density at radius 2 is 1.90 bits per heavy atom. The van der Waals surface area contributed by atoms with Gasteiger partial charge in [0.05, 0.1) is 0 Å². The molecule has 0 bridgehead atoms. The van der Waals surface area contributed by atoms with Crippen LogP contribution < -0.4 is 0 Å². The van der Waals surface area contributed by atoms with E-state index in [2.05, 4.69) is 22.9 Å². The van der Waals surface area contributed by atoms with E-state index in [4.69, 9.17) is 0 Å². The van der Waals surface area contributed by atoms with E-state index >= 15 is 0 Å². The third kappa shape index (κ3) is 4.03. The van der Waals surface area contributed by atoms with E-state index in [0.29, 0.717) is 11.5 Å². The SMILES string of the molecule is CCCCC1CCC(C(Br)c2cc(F)ccc2F)CC1. The zero-order chi connectivity index (χ0) is 14.5. The first-order valence-corrected chi connectivity index (χ1v) is 8.62. The van der Waals surface area contributed by atoms with Crippen LogP contribution in [0.5, 0.6) is 0 Å². The van der Waals surface area contributed by atoms with Gasteiger partial charge in [-0.25, -0.2) is 8.78 Å². The van der Waals surface area contributed by atoms with Crippen LogP contribution in [0.2, 0.25) is 0 Å². The molecule has 3 heteroatoms. The van der Waals surface area contributed by atoms with Crippen molar-refractivity contribution in [2.45, 2.75) is 56.7 Å². The molecule has 1 aliphatic carbocycles. The molecule has 2 rings (SSSR count). The maximum Gasteiger partial charge on any atom is 0.127 e. The minimum atomic E-state index is -0.359. The largest absolute Gasteiger partial charge is 0.207 e. The Morgan fingerprint density at radius 3 is 2.55 bits per heavy atom. The summed E-state index contributed by atoms with van der Waals surface area (Å²) in [4.78, 5) is -0.0645. The lowest BCUT2D eigenvalue weighted by atomic mass is 9.77. The van der Waals surface area contributed by atoms with Gasteiger partial charge in [0.2, 0.25) is 0 Å². The summed E-state index contributed by atoms with van der Waals surface area (Å²) in [5.41, 5.74) is 0.474. The van der Waals surface area contributed by atoms with Gasteiger partial charge >= 0.3 is 0 Å². The fourth-order valence-corrected chi connectivity index (χ4v) is 4.12. The monoisotopic (exact) mass is 344 g/mol. The summed E-state index contributed by atoms with van der Waals surface area (Å²) in [6.45, 7) is 2.23. The minimum Gasteiger partial charge on any atom is -0.207 e. The van der Waals surface area contributed by atoms with Crippen molar-refractivity contribution in [3.63, 3.8) is 0 Å². The average Bonchev–Trinajstić information content (AvgIpc) is 2.47. The van der Waals surface area contributed by atoms with Crippen molar-refractivity contribution in [2.24, 2.45) is 11.8 Å². The smallest absolute Gasteiger partial charge is 0.127 e. The highest BCUT2D eigenvalue weighted by atomic mass is 79.9. The minimum absolute atomic E-state index is 0.0645. The molecule has 112 valence electrons. The third-order valence-electron chi connectivity index (χ3n) is 4.53. The molecule has 0 aromatic heterocycles. The molecular formula is C17H23BrF2. The Hall–Kier alpha value is -0.440. The molecule has 0 saturated heterocycles. The summed E-state index contributed by atoms with van der Waals surface area (Å²) < 4.78 is 27.1. The number of alkyl halides is 1. The summed E-state index contributed by atoms with van der Waals surface area (Å²) in [5.74, 6) is 0.594. The average molecular weight is 345 g/mol. The van der Waals surface area contributed by atoms with Crippen LogP contribution in [0.1, 0.15) is 62.3 Å². The van der Waals surface area contributed by atoms with Crippen molar-refractivity contribution in [2.75, 3.05) is 0 Å². The zero-order valence-corrected chi connectivity index (χ0v) is 13.6. The Labute approximate surface area is 129 Å². The highest BCUT2D eigenvalue weighted by molar-refractivity contribution is 9.09. The highest BCUT2D eigenvalue weighted by Crippen LogP contribution is 2.43. The first kappa shape index (κ1) is 15.9. The standard InChI is InChI=1S/C17H23BrF2/c1-2-3-4-12-5-7-13(8-6-12)17(18)15-11-14(19)9-10-16(15)20/h9-13,17H,2-8H2,1H3. The van der Waals surface area contributed by atoms with Crippen LogP contribution in [0.4, 0.5) is 8.78 Å². The van der Waals surface area contributed by atoms with Crippen molar-refractivity contribution in [3.8, 4) is 0 Å². The molecule has 1 saturated carbocycles. The lowest BCUT2D eigenvalue weighted by molar-refractivity contribution is 0.256. The number of hydrogen-bond acceptors (Lipinski definition) is 0. The van der Waals surface area contributed by atoms with Gasteiger partial charge in [0.25, 0.3) is 0 Å². The van der Waals surface area contributed by atoms with Crippen LogP contribution in [0.25, 0.3) is 0 Å². The van der Waals surface area contributed by atoms with Crippen molar-refractivity contribution >= 4 is 15.9 Å². The molecular weight excluding hydrogens is 322 g/mol. The maximum atomic E-state index is 13.8. The van der Waals surface area contributed by atoms with E-state index in [-0.39, 0.29) is 16.5 Å². The molecule has 20 heavy (non-hydrogen) atoms. The Morgan fingerprint density at radius 1 is 1.20 bits per heavy atom. The molecule has 0 heterocycles. The number of hydrogen-bond donors (Lipinski definition) is 0. The predicted molar refractivity (Wildman–Crippen MR) is 83.0 cm³/mol. The van der Waals surface area contributed by atoms with Crippen molar-refractivity contribution in [1.82, 2.24) is 0 Å². The number of halogens is 3. The lowest BCUT2D eigenvalue weighted by Gasteiger charge is -2.31. The van der Waals surface area contributed by atoms with Crippen LogP contribution in [-0.2, 0) is 0 Å². The molecule has 1 fully saturated rings. The topological polar surface area (TPSA) is 0 Å². The zero-order valence-electron chi connectivity index (χ0n) is 12.0. The second kappa shape index (κ2) is 7.53. The van der Waals surface area contributed by atoms with Crippen molar-refractivity contribution in [3.05, 3.63) is 35.4 Å². The van der Waals surface area contributed by atoms with Gasteiger partial charge in [-0.3, -0.25) is 0 Å². The summed E-state index contributed by atoms with van der Waals surface area (Å²) in [7, 11) is 0. The maximum absolute atomic E-state index is 13.8. The molecule has 0 spiro atoms. The quantitative estimate of drug-likeness (QED) is 0.542. The van der Waals surface area contributed by atoms with E-state index in [1.807, 2.05) is 0 Å². The van der Waals surface area contributed by atoms with Gasteiger partial charge in [0.15, 0.2) is 0 Å². The van der Waals surface area contributed by atoms with Gasteiger partial charge in [-0.15, -0.1) is 0 Å². The predicted octanol–water partition coefficient (Wildman–Crippen LogP) is 6.40. The van der Waals surface area contributed by atoms with E-state index in [1.54, 1.807) is 0 Å². The summed E-state index contributed by atoms with van der Waals surface area (Å²) in [5, 5.41) is 0. The van der Waals surface area contributed by atoms with Crippen LogP contribution in [0, 0.1) is 23.5 Å². The van der Waals surface area contributed by atoms with Gasteiger partial charge in [0.1, 0.15) is 11.6 Å². The summed E-state index contributed by atoms with van der Waals surface area (Å²) in [6.07, 6.45) is 8.57.